The molecule has 0 heterocycles. The number of hydrogen-bond donors (Lipinski definition) is 1. The van der Waals surface area contributed by atoms with Crippen molar-refractivity contribution in [2.75, 3.05) is 33.2 Å². The molecule has 2 N–H and O–H groups in total. The molecule has 5 nitrogen and oxygen atoms in total. The van der Waals surface area contributed by atoms with E-state index in [0.717, 1.165) is 5.56 Å². The van der Waals surface area contributed by atoms with Gasteiger partial charge in [-0.3, -0.25) is 0 Å². The number of benzene rings is 1. The zero-order chi connectivity index (χ0) is 13.4. The average Bonchev–Trinajstić information content (AvgIpc) is 2.37. The van der Waals surface area contributed by atoms with Gasteiger partial charge in [0.25, 0.3) is 0 Å². The second-order valence-corrected chi connectivity index (χ2v) is 3.50. The largest absolute Gasteiger partial charge is 0.490 e. The van der Waals surface area contributed by atoms with Crippen LogP contribution in [0.15, 0.2) is 24.3 Å². The molecule has 0 aliphatic carbocycles. The van der Waals surface area contributed by atoms with Crippen LogP contribution in [-0.4, -0.2) is 33.4 Å². The van der Waals surface area contributed by atoms with Crippen LogP contribution < -0.4 is 10.5 Å². The number of hydrogen-bond acceptors (Lipinski definition) is 5. The monoisotopic (exact) mass is 251 g/mol. The second kappa shape index (κ2) is 7.34. The quantitative estimate of drug-likeness (QED) is 0.359. The molecule has 1 rings (SSSR count). The van der Waals surface area contributed by atoms with Crippen molar-refractivity contribution in [3.05, 3.63) is 29.8 Å². The molecular weight excluding hydrogens is 234 g/mol. The molecular formula is C13H17NO4. The molecule has 0 saturated carbocycles. The SMILES string of the molecule is COCCOc1cc(N)ccc1/C=C/C(=O)OC. The number of rotatable bonds is 6. The van der Waals surface area contributed by atoms with Crippen LogP contribution in [0.1, 0.15) is 5.56 Å². The first-order chi connectivity index (χ1) is 8.67. The molecule has 5 heteroatoms. The number of ether oxygens (including phenoxy) is 3. The Kier molecular flexibility index (Phi) is 5.73. The lowest BCUT2D eigenvalue weighted by molar-refractivity contribution is -0.134. The number of anilines is 1. The summed E-state index contributed by atoms with van der Waals surface area (Å²) in [5.41, 5.74) is 7.04. The van der Waals surface area contributed by atoms with Gasteiger partial charge in [-0.05, 0) is 18.2 Å². The lowest BCUT2D eigenvalue weighted by Gasteiger charge is -2.09. The van der Waals surface area contributed by atoms with Crippen LogP contribution >= 0.6 is 0 Å². The predicted molar refractivity (Wildman–Crippen MR) is 69.3 cm³/mol. The minimum Gasteiger partial charge on any atom is -0.490 e. The second-order valence-electron chi connectivity index (χ2n) is 3.50. The van der Waals surface area contributed by atoms with Crippen LogP contribution in [0.2, 0.25) is 0 Å². The molecule has 0 aliphatic rings. The number of nitrogen functional groups attached to an aromatic ring is 1. The summed E-state index contributed by atoms with van der Waals surface area (Å²) >= 11 is 0. The third-order valence-electron chi connectivity index (χ3n) is 2.18. The van der Waals surface area contributed by atoms with Gasteiger partial charge in [0, 0.05) is 30.5 Å². The van der Waals surface area contributed by atoms with Crippen molar-refractivity contribution in [1.82, 2.24) is 0 Å². The molecule has 0 aliphatic heterocycles. The third-order valence-corrected chi connectivity index (χ3v) is 2.18. The molecule has 0 bridgehead atoms. The van der Waals surface area contributed by atoms with Gasteiger partial charge in [0.1, 0.15) is 12.4 Å². The average molecular weight is 251 g/mol. The number of methoxy groups -OCH3 is 2. The number of nitrogens with two attached hydrogens (primary N) is 1. The van der Waals surface area contributed by atoms with Crippen LogP contribution in [0.4, 0.5) is 5.69 Å². The summed E-state index contributed by atoms with van der Waals surface area (Å²) in [5.74, 6) is 0.182. The van der Waals surface area contributed by atoms with E-state index in [1.165, 1.54) is 13.2 Å². The van der Waals surface area contributed by atoms with E-state index in [1.54, 1.807) is 31.4 Å². The minimum atomic E-state index is -0.422. The van der Waals surface area contributed by atoms with Gasteiger partial charge >= 0.3 is 5.97 Å². The van der Waals surface area contributed by atoms with Crippen molar-refractivity contribution in [1.29, 1.82) is 0 Å². The normalized spacial score (nSPS) is 10.6. The standard InChI is InChI=1S/C13H17NO4/c1-16-7-8-18-12-9-11(14)5-3-10(12)4-6-13(15)17-2/h3-6,9H,7-8,14H2,1-2H3/b6-4+. The van der Waals surface area contributed by atoms with E-state index in [1.807, 2.05) is 0 Å². The van der Waals surface area contributed by atoms with Crippen molar-refractivity contribution in [2.24, 2.45) is 0 Å². The van der Waals surface area contributed by atoms with E-state index in [-0.39, 0.29) is 0 Å². The van der Waals surface area contributed by atoms with Gasteiger partial charge in [-0.25, -0.2) is 4.79 Å². The van der Waals surface area contributed by atoms with Gasteiger partial charge in [-0.1, -0.05) is 0 Å². The van der Waals surface area contributed by atoms with Crippen molar-refractivity contribution in [3.63, 3.8) is 0 Å². The first-order valence-electron chi connectivity index (χ1n) is 5.44. The van der Waals surface area contributed by atoms with E-state index < -0.39 is 5.97 Å². The zero-order valence-corrected chi connectivity index (χ0v) is 10.5. The Morgan fingerprint density at radius 3 is 2.78 bits per heavy atom. The highest BCUT2D eigenvalue weighted by Crippen LogP contribution is 2.23. The molecule has 0 aromatic heterocycles. The molecule has 1 aromatic rings. The fourth-order valence-corrected chi connectivity index (χ4v) is 1.27. The van der Waals surface area contributed by atoms with E-state index >= 15 is 0 Å². The third kappa shape index (κ3) is 4.47. The Hall–Kier alpha value is -2.01. The van der Waals surface area contributed by atoms with Gasteiger partial charge in [-0.2, -0.15) is 0 Å². The first-order valence-corrected chi connectivity index (χ1v) is 5.44. The van der Waals surface area contributed by atoms with Crippen LogP contribution in [0, 0.1) is 0 Å². The smallest absolute Gasteiger partial charge is 0.330 e. The molecule has 0 saturated heterocycles. The number of carbonyl (C=O) groups excluding carboxylic acids is 1. The summed E-state index contributed by atoms with van der Waals surface area (Å²) in [5, 5.41) is 0. The summed E-state index contributed by atoms with van der Waals surface area (Å²) in [6, 6.07) is 5.21. The number of carbonyl (C=O) groups is 1. The summed E-state index contributed by atoms with van der Waals surface area (Å²) < 4.78 is 14.9. The minimum absolute atomic E-state index is 0.416. The summed E-state index contributed by atoms with van der Waals surface area (Å²) in [6.07, 6.45) is 2.95. The topological polar surface area (TPSA) is 70.8 Å². The van der Waals surface area contributed by atoms with Gasteiger partial charge in [0.05, 0.1) is 13.7 Å². The molecule has 0 spiro atoms. The van der Waals surface area contributed by atoms with Crippen molar-refractivity contribution in [3.8, 4) is 5.75 Å². The van der Waals surface area contributed by atoms with Crippen LogP contribution in [0.5, 0.6) is 5.75 Å². The van der Waals surface area contributed by atoms with Crippen LogP contribution in [-0.2, 0) is 14.3 Å². The maximum absolute atomic E-state index is 11.0. The molecule has 0 atom stereocenters. The summed E-state index contributed by atoms with van der Waals surface area (Å²) in [7, 11) is 2.92. The van der Waals surface area contributed by atoms with Crippen molar-refractivity contribution >= 4 is 17.7 Å². The fraction of sp³-hybridized carbons (Fsp3) is 0.308. The highest BCUT2D eigenvalue weighted by molar-refractivity contribution is 5.87. The maximum atomic E-state index is 11.0. The van der Waals surface area contributed by atoms with E-state index in [9.17, 15) is 4.79 Å². The lowest BCUT2D eigenvalue weighted by Crippen LogP contribution is -2.05. The predicted octanol–water partition coefficient (Wildman–Crippen LogP) is 1.48. The van der Waals surface area contributed by atoms with Crippen LogP contribution in [0.3, 0.4) is 0 Å². The Morgan fingerprint density at radius 1 is 1.33 bits per heavy atom. The molecule has 0 radical (unpaired) electrons. The van der Waals surface area contributed by atoms with Gasteiger partial charge < -0.3 is 19.9 Å². The van der Waals surface area contributed by atoms with Gasteiger partial charge in [-0.15, -0.1) is 0 Å². The molecule has 0 amide bonds. The molecule has 98 valence electrons. The van der Waals surface area contributed by atoms with E-state index in [2.05, 4.69) is 4.74 Å². The number of esters is 1. The van der Waals surface area contributed by atoms with E-state index in [0.29, 0.717) is 24.7 Å². The lowest BCUT2D eigenvalue weighted by atomic mass is 10.1. The van der Waals surface area contributed by atoms with Crippen molar-refractivity contribution in [2.45, 2.75) is 0 Å². The Balaban J connectivity index is 2.82. The summed E-state index contributed by atoms with van der Waals surface area (Å²) in [6.45, 7) is 0.897. The Labute approximate surface area is 106 Å². The molecule has 0 fully saturated rings. The molecule has 1 aromatic carbocycles. The highest BCUT2D eigenvalue weighted by Gasteiger charge is 2.02. The fourth-order valence-electron chi connectivity index (χ4n) is 1.27. The zero-order valence-electron chi connectivity index (χ0n) is 10.5. The Morgan fingerprint density at radius 2 is 2.11 bits per heavy atom. The molecule has 0 unspecified atom stereocenters. The van der Waals surface area contributed by atoms with Crippen LogP contribution in [0.25, 0.3) is 6.08 Å². The Bertz CT molecular complexity index is 429. The van der Waals surface area contributed by atoms with Gasteiger partial charge in [0.15, 0.2) is 0 Å². The van der Waals surface area contributed by atoms with Gasteiger partial charge in [0.2, 0.25) is 0 Å². The van der Waals surface area contributed by atoms with Crippen molar-refractivity contribution < 1.29 is 19.0 Å². The first kappa shape index (κ1) is 14.1. The maximum Gasteiger partial charge on any atom is 0.330 e. The highest BCUT2D eigenvalue weighted by atomic mass is 16.5. The summed E-state index contributed by atoms with van der Waals surface area (Å²) in [4.78, 5) is 11.0. The molecule has 18 heavy (non-hydrogen) atoms. The van der Waals surface area contributed by atoms with E-state index in [4.69, 9.17) is 15.2 Å².